The molecule has 0 unspecified atom stereocenters. The topological polar surface area (TPSA) is 35.2 Å². The number of nitrogen functional groups attached to an aromatic ring is 1. The summed E-state index contributed by atoms with van der Waals surface area (Å²) in [5.74, 6) is 0.851. The largest absolute Gasteiger partial charge is 0.488 e. The van der Waals surface area contributed by atoms with E-state index < -0.39 is 0 Å². The van der Waals surface area contributed by atoms with Crippen molar-refractivity contribution in [3.05, 3.63) is 44.6 Å². The number of hydrogen-bond donors (Lipinski definition) is 1. The molecule has 16 heavy (non-hydrogen) atoms. The molecule has 84 valence electrons. The quantitative estimate of drug-likeness (QED) is 0.870. The van der Waals surface area contributed by atoms with Crippen LogP contribution in [0.3, 0.4) is 0 Å². The van der Waals surface area contributed by atoms with Gasteiger partial charge in [0.1, 0.15) is 12.4 Å². The molecule has 4 heteroatoms. The van der Waals surface area contributed by atoms with E-state index in [0.717, 1.165) is 21.5 Å². The third-order valence-corrected chi connectivity index (χ3v) is 3.88. The third kappa shape index (κ3) is 2.77. The fourth-order valence-corrected chi connectivity index (χ4v) is 2.71. The molecule has 0 aliphatic heterocycles. The Balaban J connectivity index is 2.07. The lowest BCUT2D eigenvalue weighted by atomic mass is 10.2. The maximum atomic E-state index is 5.73. The molecule has 0 fully saturated rings. The lowest BCUT2D eigenvalue weighted by Gasteiger charge is -2.08. The van der Waals surface area contributed by atoms with Crippen molar-refractivity contribution < 1.29 is 4.74 Å². The molecule has 2 aromatic rings. The van der Waals surface area contributed by atoms with Gasteiger partial charge in [0, 0.05) is 26.5 Å². The van der Waals surface area contributed by atoms with Crippen LogP contribution in [-0.4, -0.2) is 0 Å². The molecule has 0 aliphatic carbocycles. The second-order valence-electron chi connectivity index (χ2n) is 3.54. The van der Waals surface area contributed by atoms with Crippen LogP contribution >= 0.6 is 27.3 Å². The number of halogens is 1. The van der Waals surface area contributed by atoms with E-state index in [9.17, 15) is 0 Å². The molecule has 1 aromatic heterocycles. The summed E-state index contributed by atoms with van der Waals surface area (Å²) in [6.07, 6.45) is 0. The first kappa shape index (κ1) is 11.5. The number of ether oxygens (including phenoxy) is 1. The Kier molecular flexibility index (Phi) is 3.51. The summed E-state index contributed by atoms with van der Waals surface area (Å²) < 4.78 is 6.82. The zero-order valence-electron chi connectivity index (χ0n) is 8.87. The highest BCUT2D eigenvalue weighted by atomic mass is 79.9. The Bertz CT molecular complexity index is 496. The van der Waals surface area contributed by atoms with Gasteiger partial charge in [0.05, 0.1) is 0 Å². The van der Waals surface area contributed by atoms with Crippen molar-refractivity contribution in [2.45, 2.75) is 13.5 Å². The van der Waals surface area contributed by atoms with E-state index in [4.69, 9.17) is 10.5 Å². The van der Waals surface area contributed by atoms with Crippen molar-refractivity contribution in [3.8, 4) is 5.75 Å². The smallest absolute Gasteiger partial charge is 0.124 e. The highest BCUT2D eigenvalue weighted by Crippen LogP contribution is 2.24. The van der Waals surface area contributed by atoms with E-state index in [0.29, 0.717) is 6.61 Å². The molecule has 0 atom stereocenters. The van der Waals surface area contributed by atoms with Gasteiger partial charge < -0.3 is 10.5 Å². The first-order valence-electron chi connectivity index (χ1n) is 4.87. The Labute approximate surface area is 107 Å². The predicted molar refractivity (Wildman–Crippen MR) is 71.9 cm³/mol. The van der Waals surface area contributed by atoms with Gasteiger partial charge in [0.25, 0.3) is 0 Å². The van der Waals surface area contributed by atoms with Gasteiger partial charge in [-0.1, -0.05) is 6.07 Å². The normalized spacial score (nSPS) is 10.4. The Morgan fingerprint density at radius 3 is 2.88 bits per heavy atom. The van der Waals surface area contributed by atoms with Crippen LogP contribution in [0.5, 0.6) is 5.75 Å². The zero-order chi connectivity index (χ0) is 11.5. The molecule has 0 bridgehead atoms. The number of benzene rings is 1. The first-order chi connectivity index (χ1) is 7.65. The zero-order valence-corrected chi connectivity index (χ0v) is 11.3. The van der Waals surface area contributed by atoms with Crippen molar-refractivity contribution in [2.75, 3.05) is 5.73 Å². The standard InChI is InChI=1S/C12H12BrNOS/c1-8-2-3-10(14)5-12(8)15-6-11-4-9(13)7-16-11/h2-5,7H,6,14H2,1H3. The second-order valence-corrected chi connectivity index (χ2v) is 5.46. The van der Waals surface area contributed by atoms with Gasteiger partial charge in [-0.2, -0.15) is 0 Å². The third-order valence-electron chi connectivity index (χ3n) is 2.20. The molecule has 0 saturated heterocycles. The molecule has 0 spiro atoms. The second kappa shape index (κ2) is 4.89. The van der Waals surface area contributed by atoms with Gasteiger partial charge in [0.15, 0.2) is 0 Å². The molecule has 1 heterocycles. The van der Waals surface area contributed by atoms with Gasteiger partial charge in [0.2, 0.25) is 0 Å². The Morgan fingerprint density at radius 1 is 1.38 bits per heavy atom. The van der Waals surface area contributed by atoms with Crippen LogP contribution in [0.25, 0.3) is 0 Å². The molecule has 1 aromatic carbocycles. The van der Waals surface area contributed by atoms with E-state index in [-0.39, 0.29) is 0 Å². The molecule has 0 radical (unpaired) electrons. The maximum absolute atomic E-state index is 5.73. The Hall–Kier alpha value is -1.000. The molecule has 0 saturated carbocycles. The fourth-order valence-electron chi connectivity index (χ4n) is 1.35. The van der Waals surface area contributed by atoms with E-state index in [2.05, 4.69) is 22.0 Å². The van der Waals surface area contributed by atoms with Crippen LogP contribution in [0.2, 0.25) is 0 Å². The summed E-state index contributed by atoms with van der Waals surface area (Å²) in [6, 6.07) is 7.77. The SMILES string of the molecule is Cc1ccc(N)cc1OCc1cc(Br)cs1. The number of anilines is 1. The van der Waals surface area contributed by atoms with Gasteiger partial charge >= 0.3 is 0 Å². The van der Waals surface area contributed by atoms with Gasteiger partial charge in [-0.05, 0) is 40.5 Å². The van der Waals surface area contributed by atoms with Crippen molar-refractivity contribution in [2.24, 2.45) is 0 Å². The molecule has 2 nitrogen and oxygen atoms in total. The van der Waals surface area contributed by atoms with Gasteiger partial charge in [-0.3, -0.25) is 0 Å². The van der Waals surface area contributed by atoms with Crippen molar-refractivity contribution in [1.82, 2.24) is 0 Å². The minimum atomic E-state index is 0.584. The van der Waals surface area contributed by atoms with Crippen LogP contribution in [0.15, 0.2) is 34.1 Å². The average molecular weight is 298 g/mol. The summed E-state index contributed by atoms with van der Waals surface area (Å²) in [7, 11) is 0. The lowest BCUT2D eigenvalue weighted by molar-refractivity contribution is 0.308. The van der Waals surface area contributed by atoms with Crippen molar-refractivity contribution in [3.63, 3.8) is 0 Å². The summed E-state index contributed by atoms with van der Waals surface area (Å²) in [6.45, 7) is 2.60. The summed E-state index contributed by atoms with van der Waals surface area (Å²) >= 11 is 5.10. The molecular formula is C12H12BrNOS. The molecule has 2 rings (SSSR count). The first-order valence-corrected chi connectivity index (χ1v) is 6.54. The number of nitrogens with two attached hydrogens (primary N) is 1. The maximum Gasteiger partial charge on any atom is 0.124 e. The monoisotopic (exact) mass is 297 g/mol. The van der Waals surface area contributed by atoms with Crippen LogP contribution in [0, 0.1) is 6.92 Å². The fraction of sp³-hybridized carbons (Fsp3) is 0.167. The highest BCUT2D eigenvalue weighted by Gasteiger charge is 2.02. The number of aryl methyl sites for hydroxylation is 1. The van der Waals surface area contributed by atoms with Gasteiger partial charge in [-0.25, -0.2) is 0 Å². The predicted octanol–water partition coefficient (Wildman–Crippen LogP) is 3.98. The minimum absolute atomic E-state index is 0.584. The van der Waals surface area contributed by atoms with Crippen molar-refractivity contribution >= 4 is 33.0 Å². The van der Waals surface area contributed by atoms with Gasteiger partial charge in [-0.15, -0.1) is 11.3 Å². The van der Waals surface area contributed by atoms with E-state index >= 15 is 0 Å². The van der Waals surface area contributed by atoms with E-state index in [1.807, 2.05) is 30.5 Å². The van der Waals surface area contributed by atoms with Crippen LogP contribution in [0.1, 0.15) is 10.4 Å². The number of thiophene rings is 1. The molecule has 0 amide bonds. The summed E-state index contributed by atoms with van der Waals surface area (Å²) in [5, 5.41) is 2.05. The summed E-state index contributed by atoms with van der Waals surface area (Å²) in [5.41, 5.74) is 7.55. The molecule has 0 aliphatic rings. The minimum Gasteiger partial charge on any atom is -0.488 e. The average Bonchev–Trinajstić information content (AvgIpc) is 2.66. The lowest BCUT2D eigenvalue weighted by Crippen LogP contribution is -1.96. The van der Waals surface area contributed by atoms with Crippen LogP contribution < -0.4 is 10.5 Å². The Morgan fingerprint density at radius 2 is 2.19 bits per heavy atom. The summed E-state index contributed by atoms with van der Waals surface area (Å²) in [4.78, 5) is 1.19. The number of rotatable bonds is 3. The van der Waals surface area contributed by atoms with Crippen molar-refractivity contribution in [1.29, 1.82) is 0 Å². The highest BCUT2D eigenvalue weighted by molar-refractivity contribution is 9.10. The van der Waals surface area contributed by atoms with Crippen LogP contribution in [-0.2, 0) is 6.61 Å². The van der Waals surface area contributed by atoms with Crippen LogP contribution in [0.4, 0.5) is 5.69 Å². The molecular weight excluding hydrogens is 286 g/mol. The van der Waals surface area contributed by atoms with E-state index in [1.54, 1.807) is 11.3 Å². The number of hydrogen-bond acceptors (Lipinski definition) is 3. The van der Waals surface area contributed by atoms with E-state index in [1.165, 1.54) is 4.88 Å². The molecule has 2 N–H and O–H groups in total.